The Morgan fingerprint density at radius 3 is 2.17 bits per heavy atom. The van der Waals surface area contributed by atoms with Crippen molar-refractivity contribution in [1.82, 2.24) is 0 Å². The minimum atomic E-state index is -4.81. The molecule has 0 aromatic rings. The van der Waals surface area contributed by atoms with E-state index in [-0.39, 0.29) is 6.42 Å². The minimum Gasteiger partial charge on any atom is -0.480 e. The summed E-state index contributed by atoms with van der Waals surface area (Å²) in [5.41, 5.74) is 5.11. The summed E-state index contributed by atoms with van der Waals surface area (Å²) in [6.07, 6.45) is -8.56. The Labute approximate surface area is 102 Å². The van der Waals surface area contributed by atoms with Gasteiger partial charge in [-0.1, -0.05) is 0 Å². The number of halogens is 3. The highest BCUT2D eigenvalue weighted by atomic mass is 32.2. The lowest BCUT2D eigenvalue weighted by Crippen LogP contribution is -2.33. The lowest BCUT2D eigenvalue weighted by Gasteiger charge is -2.15. The summed E-state index contributed by atoms with van der Waals surface area (Å²) in [4.78, 5) is 10.3. The molecule has 0 amide bonds. The number of carbonyl (C=O) groups is 1. The molecule has 0 saturated heterocycles. The lowest BCUT2D eigenvalue weighted by molar-refractivity contribution is -0.203. The van der Waals surface area contributed by atoms with Gasteiger partial charge in [0.2, 0.25) is 0 Å². The zero-order valence-electron chi connectivity index (χ0n) is 9.31. The van der Waals surface area contributed by atoms with Crippen LogP contribution in [-0.2, 0) is 14.5 Å². The van der Waals surface area contributed by atoms with Gasteiger partial charge in [-0.05, 0) is 12.8 Å². The van der Waals surface area contributed by atoms with E-state index in [4.69, 9.17) is 20.7 Å². The van der Waals surface area contributed by atoms with Crippen LogP contribution in [-0.4, -0.2) is 50.2 Å². The van der Waals surface area contributed by atoms with E-state index in [1.807, 2.05) is 0 Å². The molecule has 6 nitrogen and oxygen atoms in total. The first-order valence-corrected chi connectivity index (χ1v) is 6.82. The highest BCUT2D eigenvalue weighted by molar-refractivity contribution is 7.92. The number of nitrogens with two attached hydrogens (primary N) is 1. The van der Waals surface area contributed by atoms with Gasteiger partial charge in [-0.15, -0.1) is 0 Å². The van der Waals surface area contributed by atoms with Crippen molar-refractivity contribution in [2.45, 2.75) is 31.2 Å². The molecule has 0 aliphatic heterocycles. The smallest absolute Gasteiger partial charge is 0.414 e. The number of rotatable bonds is 7. The van der Waals surface area contributed by atoms with Gasteiger partial charge >= 0.3 is 12.1 Å². The van der Waals surface area contributed by atoms with Crippen molar-refractivity contribution in [3.63, 3.8) is 0 Å². The predicted molar refractivity (Wildman–Crippen MR) is 57.5 cm³/mol. The summed E-state index contributed by atoms with van der Waals surface area (Å²) in [6, 6.07) is -1.30. The zero-order chi connectivity index (χ0) is 14.6. The van der Waals surface area contributed by atoms with Crippen molar-refractivity contribution in [2.75, 3.05) is 11.5 Å². The molecule has 0 bridgehead atoms. The van der Waals surface area contributed by atoms with Gasteiger partial charge in [-0.25, -0.2) is 4.21 Å². The molecule has 3 atom stereocenters. The molecular formula is C8H15F3N2O4S. The van der Waals surface area contributed by atoms with Crippen LogP contribution in [0, 0.1) is 4.78 Å². The van der Waals surface area contributed by atoms with Crippen molar-refractivity contribution < 1.29 is 32.4 Å². The highest BCUT2D eigenvalue weighted by Gasteiger charge is 2.38. The Balaban J connectivity index is 4.22. The van der Waals surface area contributed by atoms with Gasteiger partial charge in [-0.3, -0.25) is 9.57 Å². The quantitative estimate of drug-likeness (QED) is 0.531. The van der Waals surface area contributed by atoms with Gasteiger partial charge in [0.1, 0.15) is 6.04 Å². The molecule has 0 aromatic carbocycles. The third-order valence-corrected chi connectivity index (χ3v) is 3.96. The fourth-order valence-corrected chi connectivity index (χ4v) is 2.45. The Bertz CT molecular complexity index is 382. The second-order valence-electron chi connectivity index (χ2n) is 3.80. The Hall–Kier alpha value is -0.870. The van der Waals surface area contributed by atoms with Crippen molar-refractivity contribution in [3.05, 3.63) is 0 Å². The van der Waals surface area contributed by atoms with Crippen LogP contribution in [0.3, 0.4) is 0 Å². The van der Waals surface area contributed by atoms with Crippen LogP contribution in [0.5, 0.6) is 0 Å². The fourth-order valence-electron chi connectivity index (χ4n) is 1.01. The molecule has 0 radical (unpaired) electrons. The predicted octanol–water partition coefficient (Wildman–Crippen LogP) is 0.148. The Morgan fingerprint density at radius 2 is 1.78 bits per heavy atom. The summed E-state index contributed by atoms with van der Waals surface area (Å²) in [6.45, 7) is 0. The van der Waals surface area contributed by atoms with E-state index in [0.29, 0.717) is 0 Å². The summed E-state index contributed by atoms with van der Waals surface area (Å²) in [7, 11) is -3.37. The molecule has 5 N–H and O–H groups in total. The number of hydrogen-bond donors (Lipinski definition) is 4. The topological polar surface area (TPSA) is 124 Å². The second kappa shape index (κ2) is 6.34. The van der Waals surface area contributed by atoms with E-state index in [9.17, 15) is 22.2 Å². The number of hydrogen-bond acceptors (Lipinski definition) is 5. The van der Waals surface area contributed by atoms with Crippen molar-refractivity contribution in [2.24, 2.45) is 5.73 Å². The van der Waals surface area contributed by atoms with Gasteiger partial charge in [-0.2, -0.15) is 13.2 Å². The summed E-state index contributed by atoms with van der Waals surface area (Å²) >= 11 is 0. The maximum absolute atomic E-state index is 11.9. The largest absolute Gasteiger partial charge is 0.480 e. The van der Waals surface area contributed by atoms with Crippen LogP contribution in [0.25, 0.3) is 0 Å². The average Bonchev–Trinajstić information content (AvgIpc) is 2.21. The molecular weight excluding hydrogens is 277 g/mol. The molecule has 0 unspecified atom stereocenters. The molecule has 0 aliphatic carbocycles. The van der Waals surface area contributed by atoms with Crippen molar-refractivity contribution >= 4 is 15.7 Å². The number of aliphatic hydroxyl groups is 1. The van der Waals surface area contributed by atoms with E-state index in [2.05, 4.69) is 0 Å². The zero-order valence-corrected chi connectivity index (χ0v) is 10.1. The number of carboxylic acids is 1. The van der Waals surface area contributed by atoms with E-state index < -0.39 is 51.9 Å². The maximum atomic E-state index is 11.9. The molecule has 18 heavy (non-hydrogen) atoms. The summed E-state index contributed by atoms with van der Waals surface area (Å²) in [5.74, 6) is -2.40. The average molecular weight is 292 g/mol. The number of aliphatic hydroxyl groups excluding tert-OH is 1. The van der Waals surface area contributed by atoms with Crippen LogP contribution in [0.15, 0.2) is 0 Å². The molecule has 0 saturated carbocycles. The van der Waals surface area contributed by atoms with Gasteiger partial charge in [0.05, 0.1) is 0 Å². The fraction of sp³-hybridized carbons (Fsp3) is 0.875. The van der Waals surface area contributed by atoms with Gasteiger partial charge in [0.15, 0.2) is 6.10 Å². The highest BCUT2D eigenvalue weighted by Crippen LogP contribution is 2.22. The van der Waals surface area contributed by atoms with E-state index in [1.54, 1.807) is 0 Å². The van der Waals surface area contributed by atoms with E-state index in [0.717, 1.165) is 0 Å². The van der Waals surface area contributed by atoms with Crippen LogP contribution in [0.4, 0.5) is 13.2 Å². The standard InChI is InChI=1S/C8H15F3N2O4S/c9-8(10,11)6(14)2-4-18(13,17)3-1-5(12)7(15)16/h5-6,13-14H,1-4,12H2,(H,15,16)/t5-,6+,18+/m0/s1. The number of alkyl halides is 3. The molecule has 0 aromatic heterocycles. The molecule has 0 fully saturated rings. The second-order valence-corrected chi connectivity index (χ2v) is 6.24. The van der Waals surface area contributed by atoms with Gasteiger partial charge < -0.3 is 15.9 Å². The van der Waals surface area contributed by atoms with Crippen molar-refractivity contribution in [3.8, 4) is 0 Å². The van der Waals surface area contributed by atoms with Crippen LogP contribution in [0.1, 0.15) is 12.8 Å². The number of carboxylic acid groups (broad SMARTS) is 1. The Morgan fingerprint density at radius 1 is 1.33 bits per heavy atom. The van der Waals surface area contributed by atoms with E-state index in [1.165, 1.54) is 0 Å². The third kappa shape index (κ3) is 6.77. The third-order valence-electron chi connectivity index (χ3n) is 2.17. The first-order valence-electron chi connectivity index (χ1n) is 4.93. The van der Waals surface area contributed by atoms with E-state index >= 15 is 0 Å². The summed E-state index contributed by atoms with van der Waals surface area (Å²) < 4.78 is 54.6. The number of nitrogens with one attached hydrogen (secondary N) is 1. The first kappa shape index (κ1) is 17.1. The maximum Gasteiger partial charge on any atom is 0.414 e. The molecule has 0 heterocycles. The van der Waals surface area contributed by atoms with Crippen LogP contribution >= 0.6 is 0 Å². The SMILES string of the molecule is N=[S@](=O)(CC[C@@H](O)C(F)(F)F)CC[C@H](N)C(=O)O. The Kier molecular flexibility index (Phi) is 6.04. The van der Waals surface area contributed by atoms with Crippen molar-refractivity contribution in [1.29, 1.82) is 4.78 Å². The van der Waals surface area contributed by atoms with Crippen LogP contribution < -0.4 is 5.73 Å². The normalized spacial score (nSPS) is 18.9. The monoisotopic (exact) mass is 292 g/mol. The molecule has 0 aliphatic rings. The molecule has 0 spiro atoms. The lowest BCUT2D eigenvalue weighted by atomic mass is 10.2. The van der Waals surface area contributed by atoms with Crippen LogP contribution in [0.2, 0.25) is 0 Å². The molecule has 0 rings (SSSR count). The minimum absolute atomic E-state index is 0.264. The number of aliphatic carboxylic acids is 1. The molecule has 108 valence electrons. The van der Waals surface area contributed by atoms with Gasteiger partial charge in [0, 0.05) is 21.2 Å². The molecule has 10 heteroatoms. The summed E-state index contributed by atoms with van der Waals surface area (Å²) in [5, 5.41) is 17.1. The van der Waals surface area contributed by atoms with Gasteiger partial charge in [0.25, 0.3) is 0 Å². The first-order chi connectivity index (χ1) is 7.96.